The minimum Gasteiger partial charge on any atom is -0.314 e. The van der Waals surface area contributed by atoms with E-state index >= 15 is 0 Å². The van der Waals surface area contributed by atoms with E-state index in [4.69, 9.17) is 11.6 Å². The lowest BCUT2D eigenvalue weighted by Crippen LogP contribution is -1.96. The Morgan fingerprint density at radius 1 is 1.28 bits per heavy atom. The normalized spacial score (nSPS) is 10.8. The number of fused-ring (bicyclic) bond motifs is 1. The number of hydrogen-bond acceptors (Lipinski definition) is 4. The zero-order valence-corrected chi connectivity index (χ0v) is 10.6. The average molecular weight is 280 g/mol. The number of rotatable bonds is 2. The highest BCUT2D eigenvalue weighted by atomic mass is 35.5. The van der Waals surface area contributed by atoms with Crippen LogP contribution in [0.25, 0.3) is 10.2 Å². The second kappa shape index (κ2) is 4.51. The van der Waals surface area contributed by atoms with Crippen molar-refractivity contribution in [1.82, 2.24) is 9.97 Å². The number of nitrogens with one attached hydrogen (secondary N) is 1. The van der Waals surface area contributed by atoms with Gasteiger partial charge in [0, 0.05) is 6.20 Å². The Kier molecular flexibility index (Phi) is 2.85. The van der Waals surface area contributed by atoms with E-state index in [1.54, 1.807) is 0 Å². The number of halogens is 2. The lowest BCUT2D eigenvalue weighted by molar-refractivity contribution is 0.626. The molecule has 0 saturated heterocycles. The van der Waals surface area contributed by atoms with E-state index in [2.05, 4.69) is 15.3 Å². The van der Waals surface area contributed by atoms with E-state index < -0.39 is 5.82 Å². The van der Waals surface area contributed by atoms with Crippen LogP contribution in [-0.4, -0.2) is 9.97 Å². The fourth-order valence-corrected chi connectivity index (χ4v) is 2.54. The summed E-state index contributed by atoms with van der Waals surface area (Å²) in [4.78, 5) is 8.23. The van der Waals surface area contributed by atoms with E-state index in [1.807, 2.05) is 24.3 Å². The number of anilines is 2. The SMILES string of the molecule is Fc1cc(Cl)cnc1Nc1nc2ccccc2s1. The van der Waals surface area contributed by atoms with Gasteiger partial charge in [0.2, 0.25) is 0 Å². The summed E-state index contributed by atoms with van der Waals surface area (Å²) in [6.07, 6.45) is 1.39. The Morgan fingerprint density at radius 2 is 2.11 bits per heavy atom. The molecule has 0 spiro atoms. The molecule has 0 aliphatic heterocycles. The van der Waals surface area contributed by atoms with E-state index in [1.165, 1.54) is 23.6 Å². The first-order chi connectivity index (χ1) is 8.72. The highest BCUT2D eigenvalue weighted by Crippen LogP contribution is 2.28. The third kappa shape index (κ3) is 2.14. The predicted molar refractivity (Wildman–Crippen MR) is 72.1 cm³/mol. The summed E-state index contributed by atoms with van der Waals surface area (Å²) in [5.41, 5.74) is 0.874. The smallest absolute Gasteiger partial charge is 0.189 e. The van der Waals surface area contributed by atoms with Gasteiger partial charge in [-0.15, -0.1) is 0 Å². The molecule has 0 aliphatic rings. The lowest BCUT2D eigenvalue weighted by Gasteiger charge is -2.02. The van der Waals surface area contributed by atoms with Crippen molar-refractivity contribution in [2.75, 3.05) is 5.32 Å². The first-order valence-electron chi connectivity index (χ1n) is 5.16. The molecule has 0 fully saturated rings. The zero-order valence-electron chi connectivity index (χ0n) is 9.02. The standard InChI is InChI=1S/C12H7ClFN3S/c13-7-5-8(14)11(15-6-7)17-12-16-9-3-1-2-4-10(9)18-12/h1-6H,(H,15,16,17). The molecule has 1 aromatic carbocycles. The summed E-state index contributed by atoms with van der Waals surface area (Å²) in [5.74, 6) is -0.375. The summed E-state index contributed by atoms with van der Waals surface area (Å²) >= 11 is 7.08. The van der Waals surface area contributed by atoms with E-state index in [0.717, 1.165) is 10.2 Å². The highest BCUT2D eigenvalue weighted by Gasteiger charge is 2.08. The maximum absolute atomic E-state index is 13.6. The van der Waals surface area contributed by atoms with Crippen LogP contribution in [0.15, 0.2) is 36.5 Å². The minimum absolute atomic E-state index is 0.124. The van der Waals surface area contributed by atoms with Crippen LogP contribution in [0, 0.1) is 5.82 Å². The second-order valence-corrected chi connectivity index (χ2v) is 5.06. The second-order valence-electron chi connectivity index (χ2n) is 3.60. The number of hydrogen-bond donors (Lipinski definition) is 1. The predicted octanol–water partition coefficient (Wildman–Crippen LogP) is 4.23. The Morgan fingerprint density at radius 3 is 2.89 bits per heavy atom. The third-order valence-corrected chi connectivity index (χ3v) is 3.49. The van der Waals surface area contributed by atoms with E-state index in [9.17, 15) is 4.39 Å². The van der Waals surface area contributed by atoms with Crippen molar-refractivity contribution in [3.8, 4) is 0 Å². The van der Waals surface area contributed by atoms with Gasteiger partial charge in [0.15, 0.2) is 16.8 Å². The van der Waals surface area contributed by atoms with Gasteiger partial charge in [0.25, 0.3) is 0 Å². The van der Waals surface area contributed by atoms with Crippen molar-refractivity contribution in [1.29, 1.82) is 0 Å². The summed E-state index contributed by atoms with van der Waals surface area (Å²) in [7, 11) is 0. The quantitative estimate of drug-likeness (QED) is 0.763. The number of para-hydroxylation sites is 1. The van der Waals surface area contributed by atoms with Crippen LogP contribution in [0.4, 0.5) is 15.3 Å². The summed E-state index contributed by atoms with van der Waals surface area (Å²) in [5, 5.41) is 3.72. The van der Waals surface area contributed by atoms with E-state index in [-0.39, 0.29) is 10.8 Å². The number of thiazole rings is 1. The van der Waals surface area contributed by atoms with Gasteiger partial charge >= 0.3 is 0 Å². The van der Waals surface area contributed by atoms with Crippen molar-refractivity contribution in [2.24, 2.45) is 0 Å². The van der Waals surface area contributed by atoms with Gasteiger partial charge in [0.05, 0.1) is 15.2 Å². The van der Waals surface area contributed by atoms with Crippen molar-refractivity contribution >= 4 is 44.1 Å². The largest absolute Gasteiger partial charge is 0.314 e. The number of benzene rings is 1. The number of nitrogens with zero attached hydrogens (tertiary/aromatic N) is 2. The Bertz CT molecular complexity index is 680. The van der Waals surface area contributed by atoms with Gasteiger partial charge in [-0.25, -0.2) is 14.4 Å². The molecule has 0 amide bonds. The maximum atomic E-state index is 13.6. The topological polar surface area (TPSA) is 37.8 Å². The molecule has 90 valence electrons. The highest BCUT2D eigenvalue weighted by molar-refractivity contribution is 7.22. The molecule has 0 radical (unpaired) electrons. The zero-order chi connectivity index (χ0) is 12.5. The fraction of sp³-hybridized carbons (Fsp3) is 0. The van der Waals surface area contributed by atoms with Crippen LogP contribution in [0.3, 0.4) is 0 Å². The molecule has 3 nitrogen and oxygen atoms in total. The molecule has 2 heterocycles. The van der Waals surface area contributed by atoms with E-state index in [0.29, 0.717) is 5.13 Å². The van der Waals surface area contributed by atoms with Crippen LogP contribution >= 0.6 is 22.9 Å². The van der Waals surface area contributed by atoms with Gasteiger partial charge in [-0.3, -0.25) is 0 Å². The van der Waals surface area contributed by atoms with Gasteiger partial charge in [0.1, 0.15) is 0 Å². The maximum Gasteiger partial charge on any atom is 0.189 e. The molecule has 0 bridgehead atoms. The number of aromatic nitrogens is 2. The lowest BCUT2D eigenvalue weighted by atomic mass is 10.3. The summed E-state index contributed by atoms with van der Waals surface area (Å²) in [6.45, 7) is 0. The molecule has 0 atom stereocenters. The van der Waals surface area contributed by atoms with Crippen LogP contribution in [0.2, 0.25) is 5.02 Å². The first-order valence-corrected chi connectivity index (χ1v) is 6.35. The molecule has 3 aromatic rings. The molecule has 1 N–H and O–H groups in total. The van der Waals surface area contributed by atoms with Gasteiger partial charge < -0.3 is 5.32 Å². The molecule has 0 aliphatic carbocycles. The van der Waals surface area contributed by atoms with Gasteiger partial charge in [-0.05, 0) is 18.2 Å². The van der Waals surface area contributed by atoms with Crippen LogP contribution in [0.5, 0.6) is 0 Å². The molecule has 6 heteroatoms. The molecule has 2 aromatic heterocycles. The minimum atomic E-state index is -0.498. The summed E-state index contributed by atoms with van der Waals surface area (Å²) < 4.78 is 14.6. The van der Waals surface area contributed by atoms with Crippen molar-refractivity contribution < 1.29 is 4.39 Å². The molecule has 0 unspecified atom stereocenters. The van der Waals surface area contributed by atoms with Crippen molar-refractivity contribution in [3.63, 3.8) is 0 Å². The Balaban J connectivity index is 1.96. The molecule has 0 saturated carbocycles. The Hall–Kier alpha value is -1.72. The van der Waals surface area contributed by atoms with Crippen LogP contribution in [-0.2, 0) is 0 Å². The summed E-state index contributed by atoms with van der Waals surface area (Å²) in [6, 6.07) is 8.93. The molecular weight excluding hydrogens is 273 g/mol. The first kappa shape index (κ1) is 11.4. The third-order valence-electron chi connectivity index (χ3n) is 2.33. The van der Waals surface area contributed by atoms with Gasteiger partial charge in [-0.1, -0.05) is 35.1 Å². The van der Waals surface area contributed by atoms with Gasteiger partial charge in [-0.2, -0.15) is 0 Å². The average Bonchev–Trinajstić information content (AvgIpc) is 2.75. The Labute approximate surface area is 111 Å². The fourth-order valence-electron chi connectivity index (χ4n) is 1.53. The van der Waals surface area contributed by atoms with Crippen molar-refractivity contribution in [2.45, 2.75) is 0 Å². The molecule has 18 heavy (non-hydrogen) atoms. The molecule has 3 rings (SSSR count). The monoisotopic (exact) mass is 279 g/mol. The number of pyridine rings is 1. The van der Waals surface area contributed by atoms with Crippen LogP contribution < -0.4 is 5.32 Å². The van der Waals surface area contributed by atoms with Crippen LogP contribution in [0.1, 0.15) is 0 Å². The van der Waals surface area contributed by atoms with Crippen molar-refractivity contribution in [3.05, 3.63) is 47.4 Å². The molecular formula is C12H7ClFN3S.